The number of carbonyl (C=O) groups is 1. The summed E-state index contributed by atoms with van der Waals surface area (Å²) >= 11 is 1.21. The first-order chi connectivity index (χ1) is 13.5. The molecule has 0 unspecified atom stereocenters. The molecule has 1 fully saturated rings. The molecule has 1 amide bonds. The summed E-state index contributed by atoms with van der Waals surface area (Å²) in [5.74, 6) is 1.22. The van der Waals surface area contributed by atoms with E-state index in [1.54, 1.807) is 17.5 Å². The van der Waals surface area contributed by atoms with Crippen LogP contribution in [0.25, 0.3) is 0 Å². The van der Waals surface area contributed by atoms with Crippen molar-refractivity contribution in [1.29, 1.82) is 0 Å². The van der Waals surface area contributed by atoms with Crippen LogP contribution in [0, 0.1) is 0 Å². The highest BCUT2D eigenvalue weighted by molar-refractivity contribution is 7.91. The predicted octanol–water partition coefficient (Wildman–Crippen LogP) is 2.73. The van der Waals surface area contributed by atoms with Gasteiger partial charge in [0.05, 0.1) is 0 Å². The van der Waals surface area contributed by atoms with Crippen molar-refractivity contribution >= 4 is 27.3 Å². The van der Waals surface area contributed by atoms with Gasteiger partial charge in [-0.2, -0.15) is 4.31 Å². The van der Waals surface area contributed by atoms with Gasteiger partial charge in [-0.25, -0.2) is 8.42 Å². The van der Waals surface area contributed by atoms with Gasteiger partial charge in [0.25, 0.3) is 10.0 Å². The molecule has 1 atom stereocenters. The summed E-state index contributed by atoms with van der Waals surface area (Å²) in [6, 6.07) is 8.58. The van der Waals surface area contributed by atoms with E-state index < -0.39 is 10.0 Å². The zero-order valence-electron chi connectivity index (χ0n) is 15.3. The largest absolute Gasteiger partial charge is 0.454 e. The average molecular weight is 423 g/mol. The van der Waals surface area contributed by atoms with Crippen LogP contribution in [0.15, 0.2) is 39.9 Å². The highest BCUT2D eigenvalue weighted by Gasteiger charge is 2.35. The van der Waals surface area contributed by atoms with Crippen molar-refractivity contribution in [2.75, 3.05) is 13.3 Å². The fourth-order valence-electron chi connectivity index (χ4n) is 3.56. The second kappa shape index (κ2) is 8.10. The van der Waals surface area contributed by atoms with Crippen molar-refractivity contribution < 1.29 is 22.7 Å². The van der Waals surface area contributed by atoms with Crippen LogP contribution in [0.4, 0.5) is 0 Å². The molecule has 2 aliphatic rings. The Morgan fingerprint density at radius 3 is 2.89 bits per heavy atom. The number of ether oxygens (including phenoxy) is 2. The number of rotatable bonds is 6. The molecule has 2 aromatic rings. The molecule has 9 heteroatoms. The highest BCUT2D eigenvalue weighted by Crippen LogP contribution is 2.32. The predicted molar refractivity (Wildman–Crippen MR) is 105 cm³/mol. The highest BCUT2D eigenvalue weighted by atomic mass is 32.2. The van der Waals surface area contributed by atoms with Gasteiger partial charge in [0.1, 0.15) is 4.21 Å². The number of hydrogen-bond donors (Lipinski definition) is 1. The van der Waals surface area contributed by atoms with E-state index in [0.717, 1.165) is 18.4 Å². The average Bonchev–Trinajstić information content (AvgIpc) is 3.38. The molecule has 0 bridgehead atoms. The second-order valence-electron chi connectivity index (χ2n) is 6.87. The van der Waals surface area contributed by atoms with E-state index in [1.807, 2.05) is 18.2 Å². The van der Waals surface area contributed by atoms with Gasteiger partial charge < -0.3 is 14.8 Å². The maximum absolute atomic E-state index is 12.9. The number of benzene rings is 1. The number of nitrogens with zero attached hydrogens (tertiary/aromatic N) is 1. The number of nitrogens with one attached hydrogen (secondary N) is 1. The molecule has 4 rings (SSSR count). The minimum Gasteiger partial charge on any atom is -0.454 e. The number of carbonyl (C=O) groups excluding carboxylic acids is 1. The zero-order valence-corrected chi connectivity index (χ0v) is 16.9. The van der Waals surface area contributed by atoms with Gasteiger partial charge in [-0.3, -0.25) is 4.79 Å². The first-order valence-corrected chi connectivity index (χ1v) is 11.6. The van der Waals surface area contributed by atoms with Crippen LogP contribution in [0.2, 0.25) is 0 Å². The van der Waals surface area contributed by atoms with Crippen LogP contribution in [-0.2, 0) is 21.4 Å². The summed E-state index contributed by atoms with van der Waals surface area (Å²) in [7, 11) is -3.55. The van der Waals surface area contributed by atoms with Crippen molar-refractivity contribution in [1.82, 2.24) is 9.62 Å². The topological polar surface area (TPSA) is 84.9 Å². The molecule has 2 aliphatic heterocycles. The number of thiophene rings is 1. The molecule has 1 aromatic carbocycles. The Bertz CT molecular complexity index is 943. The second-order valence-corrected chi connectivity index (χ2v) is 9.93. The summed E-state index contributed by atoms with van der Waals surface area (Å²) in [6.45, 7) is 1.03. The molecule has 0 aliphatic carbocycles. The van der Waals surface area contributed by atoms with E-state index in [0.29, 0.717) is 35.2 Å². The molecule has 1 saturated heterocycles. The molecule has 3 heterocycles. The maximum Gasteiger partial charge on any atom is 0.252 e. The lowest BCUT2D eigenvalue weighted by molar-refractivity contribution is -0.122. The van der Waals surface area contributed by atoms with Gasteiger partial charge in [-0.15, -0.1) is 11.3 Å². The van der Waals surface area contributed by atoms with E-state index in [-0.39, 0.29) is 25.2 Å². The molecular formula is C19H22N2O5S2. The molecule has 7 nitrogen and oxygen atoms in total. The molecule has 0 radical (unpaired) electrons. The van der Waals surface area contributed by atoms with Crippen LogP contribution >= 0.6 is 11.3 Å². The fourth-order valence-corrected chi connectivity index (χ4v) is 6.37. The summed E-state index contributed by atoms with van der Waals surface area (Å²) in [5.41, 5.74) is 0.907. The third kappa shape index (κ3) is 4.01. The Hall–Kier alpha value is -2.10. The zero-order chi connectivity index (χ0) is 19.6. The Balaban J connectivity index is 1.38. The lowest BCUT2D eigenvalue weighted by Gasteiger charge is -2.34. The van der Waals surface area contributed by atoms with Crippen LogP contribution in [0.5, 0.6) is 11.5 Å². The van der Waals surface area contributed by atoms with Gasteiger partial charge in [-0.1, -0.05) is 18.6 Å². The Morgan fingerprint density at radius 2 is 2.07 bits per heavy atom. The summed E-state index contributed by atoms with van der Waals surface area (Å²) in [5, 5.41) is 4.64. The smallest absolute Gasteiger partial charge is 0.252 e. The molecular weight excluding hydrogens is 400 g/mol. The first kappa shape index (κ1) is 19.2. The summed E-state index contributed by atoms with van der Waals surface area (Å²) in [4.78, 5) is 12.5. The van der Waals surface area contributed by atoms with E-state index in [9.17, 15) is 13.2 Å². The first-order valence-electron chi connectivity index (χ1n) is 9.24. The molecule has 150 valence electrons. The third-order valence-corrected chi connectivity index (χ3v) is 8.30. The van der Waals surface area contributed by atoms with Crippen molar-refractivity contribution in [2.45, 2.75) is 42.5 Å². The van der Waals surface area contributed by atoms with Crippen molar-refractivity contribution in [3.8, 4) is 11.5 Å². The van der Waals surface area contributed by atoms with Crippen LogP contribution in [0.1, 0.15) is 31.2 Å². The molecule has 0 spiro atoms. The van der Waals surface area contributed by atoms with E-state index in [1.165, 1.54) is 15.6 Å². The number of hydrogen-bond acceptors (Lipinski definition) is 6. The summed E-state index contributed by atoms with van der Waals surface area (Å²) < 4.78 is 38.3. The number of piperidine rings is 1. The lowest BCUT2D eigenvalue weighted by Crippen LogP contribution is -2.45. The third-order valence-electron chi connectivity index (χ3n) is 4.98. The van der Waals surface area contributed by atoms with Crippen LogP contribution < -0.4 is 14.8 Å². The molecule has 28 heavy (non-hydrogen) atoms. The Kier molecular flexibility index (Phi) is 5.56. The monoisotopic (exact) mass is 422 g/mol. The SMILES string of the molecule is O=C(C[C@@H]1CCCCN1S(=O)(=O)c1cccs1)NCc1ccc2c(c1)OCO2. The van der Waals surface area contributed by atoms with Gasteiger partial charge in [0, 0.05) is 25.6 Å². The van der Waals surface area contributed by atoms with Gasteiger partial charge >= 0.3 is 0 Å². The fraction of sp³-hybridized carbons (Fsp3) is 0.421. The summed E-state index contributed by atoms with van der Waals surface area (Å²) in [6.07, 6.45) is 2.60. The maximum atomic E-state index is 12.9. The quantitative estimate of drug-likeness (QED) is 0.774. The van der Waals surface area contributed by atoms with Crippen molar-refractivity contribution in [2.24, 2.45) is 0 Å². The number of amides is 1. The van der Waals surface area contributed by atoms with Gasteiger partial charge in [0.15, 0.2) is 11.5 Å². The van der Waals surface area contributed by atoms with Crippen molar-refractivity contribution in [3.63, 3.8) is 0 Å². The Morgan fingerprint density at radius 1 is 1.21 bits per heavy atom. The molecule has 1 N–H and O–H groups in total. The normalized spacial score (nSPS) is 19.5. The number of sulfonamides is 1. The van der Waals surface area contributed by atoms with E-state index in [4.69, 9.17) is 9.47 Å². The lowest BCUT2D eigenvalue weighted by atomic mass is 10.0. The van der Waals surface area contributed by atoms with Gasteiger partial charge in [0.2, 0.25) is 12.7 Å². The number of fused-ring (bicyclic) bond motifs is 1. The van der Waals surface area contributed by atoms with E-state index in [2.05, 4.69) is 5.32 Å². The standard InChI is InChI=1S/C19H22N2O5S2/c22-18(20-12-14-6-7-16-17(10-14)26-13-25-16)11-15-4-1-2-8-21(15)28(23,24)19-5-3-9-27-19/h3,5-7,9-10,15H,1-2,4,8,11-13H2,(H,20,22)/t15-/m0/s1. The molecule has 1 aromatic heterocycles. The van der Waals surface area contributed by atoms with Crippen LogP contribution in [0.3, 0.4) is 0 Å². The van der Waals surface area contributed by atoms with Gasteiger partial charge in [-0.05, 0) is 42.0 Å². The molecule has 0 saturated carbocycles. The minimum absolute atomic E-state index is 0.157. The van der Waals surface area contributed by atoms with Crippen LogP contribution in [-0.4, -0.2) is 38.0 Å². The van der Waals surface area contributed by atoms with Crippen molar-refractivity contribution in [3.05, 3.63) is 41.3 Å². The van der Waals surface area contributed by atoms with E-state index >= 15 is 0 Å². The Labute approximate surface area is 168 Å². The minimum atomic E-state index is -3.55.